The standard InChI is InChI=1S/C19H16Cl2N4O/c20-15-8-16(21)10-17(9-15)25-18(26)14-11-23-19(24-12-14)22-7-6-13-4-2-1-3-5-13/h1-5,8-12H,6-7H2,(H,25,26)(H,22,23,24). The Labute approximate surface area is 161 Å². The van der Waals surface area contributed by atoms with Crippen molar-refractivity contribution >= 4 is 40.7 Å². The van der Waals surface area contributed by atoms with Crippen LogP contribution in [0.2, 0.25) is 10.0 Å². The molecule has 0 saturated heterocycles. The lowest BCUT2D eigenvalue weighted by Gasteiger charge is -2.07. The van der Waals surface area contributed by atoms with E-state index in [1.165, 1.54) is 18.0 Å². The summed E-state index contributed by atoms with van der Waals surface area (Å²) < 4.78 is 0. The number of amides is 1. The third kappa shape index (κ3) is 5.18. The summed E-state index contributed by atoms with van der Waals surface area (Å²) in [6.07, 6.45) is 3.81. The average Bonchev–Trinajstić information content (AvgIpc) is 2.62. The molecule has 0 fully saturated rings. The van der Waals surface area contributed by atoms with Crippen LogP contribution in [0.3, 0.4) is 0 Å². The lowest BCUT2D eigenvalue weighted by atomic mass is 10.1. The molecule has 3 aromatic rings. The van der Waals surface area contributed by atoms with Gasteiger partial charge in [0.25, 0.3) is 5.91 Å². The maximum absolute atomic E-state index is 12.2. The van der Waals surface area contributed by atoms with Crippen molar-refractivity contribution in [2.45, 2.75) is 6.42 Å². The molecule has 3 rings (SSSR count). The number of hydrogen-bond donors (Lipinski definition) is 2. The molecular formula is C19H16Cl2N4O. The van der Waals surface area contributed by atoms with Crippen molar-refractivity contribution in [1.82, 2.24) is 9.97 Å². The molecule has 0 radical (unpaired) electrons. The lowest BCUT2D eigenvalue weighted by Crippen LogP contribution is -2.14. The summed E-state index contributed by atoms with van der Waals surface area (Å²) in [5, 5.41) is 6.74. The van der Waals surface area contributed by atoms with Gasteiger partial charge in [0, 0.05) is 34.7 Å². The highest BCUT2D eigenvalue weighted by atomic mass is 35.5. The summed E-state index contributed by atoms with van der Waals surface area (Å²) >= 11 is 11.8. The quantitative estimate of drug-likeness (QED) is 0.644. The highest BCUT2D eigenvalue weighted by molar-refractivity contribution is 6.35. The van der Waals surface area contributed by atoms with Crippen LogP contribution in [0.25, 0.3) is 0 Å². The second kappa shape index (κ2) is 8.65. The predicted octanol–water partition coefficient (Wildman–Crippen LogP) is 4.69. The fraction of sp³-hybridized carbons (Fsp3) is 0.105. The van der Waals surface area contributed by atoms with Gasteiger partial charge in [-0.1, -0.05) is 53.5 Å². The highest BCUT2D eigenvalue weighted by Gasteiger charge is 2.09. The molecule has 26 heavy (non-hydrogen) atoms. The van der Waals surface area contributed by atoms with E-state index in [0.717, 1.165) is 6.42 Å². The Kier molecular flexibility index (Phi) is 6.04. The summed E-state index contributed by atoms with van der Waals surface area (Å²) in [6, 6.07) is 15.0. The minimum Gasteiger partial charge on any atom is -0.354 e. The second-order valence-corrected chi connectivity index (χ2v) is 6.44. The molecule has 2 N–H and O–H groups in total. The molecule has 5 nitrogen and oxygen atoms in total. The van der Waals surface area contributed by atoms with E-state index in [2.05, 4.69) is 32.7 Å². The summed E-state index contributed by atoms with van der Waals surface area (Å²) in [5.41, 5.74) is 2.09. The van der Waals surface area contributed by atoms with Crippen molar-refractivity contribution in [1.29, 1.82) is 0 Å². The zero-order chi connectivity index (χ0) is 18.4. The van der Waals surface area contributed by atoms with Gasteiger partial charge in [-0.2, -0.15) is 0 Å². The van der Waals surface area contributed by atoms with Crippen molar-refractivity contribution in [3.8, 4) is 0 Å². The first-order valence-corrected chi connectivity index (χ1v) is 8.73. The zero-order valence-corrected chi connectivity index (χ0v) is 15.3. The smallest absolute Gasteiger partial charge is 0.258 e. The Morgan fingerprint density at radius 3 is 2.27 bits per heavy atom. The largest absolute Gasteiger partial charge is 0.354 e. The van der Waals surface area contributed by atoms with E-state index in [1.807, 2.05) is 18.2 Å². The monoisotopic (exact) mass is 386 g/mol. The number of benzene rings is 2. The molecule has 0 unspecified atom stereocenters. The number of halogens is 2. The van der Waals surface area contributed by atoms with Gasteiger partial charge in [0.2, 0.25) is 5.95 Å². The number of rotatable bonds is 6. The van der Waals surface area contributed by atoms with Crippen LogP contribution in [-0.4, -0.2) is 22.4 Å². The number of hydrogen-bond acceptors (Lipinski definition) is 4. The van der Waals surface area contributed by atoms with Crippen LogP contribution in [0.5, 0.6) is 0 Å². The molecular weight excluding hydrogens is 371 g/mol. The van der Waals surface area contributed by atoms with Crippen LogP contribution in [0.15, 0.2) is 60.9 Å². The minimum atomic E-state index is -0.334. The fourth-order valence-corrected chi connectivity index (χ4v) is 2.86. The second-order valence-electron chi connectivity index (χ2n) is 5.57. The Balaban J connectivity index is 1.55. The third-order valence-corrected chi connectivity index (χ3v) is 4.01. The SMILES string of the molecule is O=C(Nc1cc(Cl)cc(Cl)c1)c1cnc(NCCc2ccccc2)nc1. The van der Waals surface area contributed by atoms with E-state index in [0.29, 0.717) is 33.8 Å². The molecule has 1 aromatic heterocycles. The molecule has 0 saturated carbocycles. The molecule has 7 heteroatoms. The molecule has 0 aliphatic heterocycles. The van der Waals surface area contributed by atoms with Gasteiger partial charge in [0.15, 0.2) is 0 Å². The topological polar surface area (TPSA) is 66.9 Å². The van der Waals surface area contributed by atoms with Crippen molar-refractivity contribution in [3.63, 3.8) is 0 Å². The van der Waals surface area contributed by atoms with Crippen LogP contribution in [0, 0.1) is 0 Å². The van der Waals surface area contributed by atoms with Crippen molar-refractivity contribution < 1.29 is 4.79 Å². The first-order chi connectivity index (χ1) is 12.6. The lowest BCUT2D eigenvalue weighted by molar-refractivity contribution is 0.102. The number of nitrogens with zero attached hydrogens (tertiary/aromatic N) is 2. The molecule has 1 amide bonds. The predicted molar refractivity (Wildman–Crippen MR) is 105 cm³/mol. The molecule has 2 aromatic carbocycles. The van der Waals surface area contributed by atoms with Gasteiger partial charge in [0.05, 0.1) is 5.56 Å². The first-order valence-electron chi connectivity index (χ1n) is 7.97. The van der Waals surface area contributed by atoms with Gasteiger partial charge >= 0.3 is 0 Å². The van der Waals surface area contributed by atoms with E-state index in [4.69, 9.17) is 23.2 Å². The average molecular weight is 387 g/mol. The molecule has 132 valence electrons. The van der Waals surface area contributed by atoms with Gasteiger partial charge in [-0.05, 0) is 30.2 Å². The molecule has 0 aliphatic rings. The van der Waals surface area contributed by atoms with Crippen molar-refractivity contribution in [3.05, 3.63) is 82.1 Å². The van der Waals surface area contributed by atoms with Crippen LogP contribution < -0.4 is 10.6 Å². The number of aromatic nitrogens is 2. The summed E-state index contributed by atoms with van der Waals surface area (Å²) in [7, 11) is 0. The highest BCUT2D eigenvalue weighted by Crippen LogP contribution is 2.22. The Hall–Kier alpha value is -2.63. The fourth-order valence-electron chi connectivity index (χ4n) is 2.33. The third-order valence-electron chi connectivity index (χ3n) is 3.57. The van der Waals surface area contributed by atoms with E-state index in [1.54, 1.807) is 18.2 Å². The van der Waals surface area contributed by atoms with E-state index >= 15 is 0 Å². The summed E-state index contributed by atoms with van der Waals surface area (Å²) in [4.78, 5) is 20.6. The number of carbonyl (C=O) groups excluding carboxylic acids is 1. The van der Waals surface area contributed by atoms with E-state index < -0.39 is 0 Å². The number of anilines is 2. The first kappa shape index (κ1) is 18.2. The van der Waals surface area contributed by atoms with E-state index in [9.17, 15) is 4.79 Å². The zero-order valence-electron chi connectivity index (χ0n) is 13.7. The van der Waals surface area contributed by atoms with Crippen molar-refractivity contribution in [2.75, 3.05) is 17.2 Å². The van der Waals surface area contributed by atoms with Crippen LogP contribution >= 0.6 is 23.2 Å². The maximum atomic E-state index is 12.2. The Morgan fingerprint density at radius 2 is 1.62 bits per heavy atom. The van der Waals surface area contributed by atoms with E-state index in [-0.39, 0.29) is 5.91 Å². The summed E-state index contributed by atoms with van der Waals surface area (Å²) in [5.74, 6) is 0.141. The van der Waals surface area contributed by atoms with Gasteiger partial charge in [-0.3, -0.25) is 4.79 Å². The molecule has 0 aliphatic carbocycles. The van der Waals surface area contributed by atoms with Crippen molar-refractivity contribution in [2.24, 2.45) is 0 Å². The van der Waals surface area contributed by atoms with Gasteiger partial charge in [0.1, 0.15) is 0 Å². The number of nitrogens with one attached hydrogen (secondary N) is 2. The molecule has 0 bridgehead atoms. The van der Waals surface area contributed by atoms with Gasteiger partial charge in [-0.15, -0.1) is 0 Å². The van der Waals surface area contributed by atoms with Crippen LogP contribution in [-0.2, 0) is 6.42 Å². The molecule has 0 spiro atoms. The Morgan fingerprint density at radius 1 is 0.962 bits per heavy atom. The minimum absolute atomic E-state index is 0.334. The Bertz CT molecular complexity index is 866. The summed E-state index contributed by atoms with van der Waals surface area (Å²) in [6.45, 7) is 0.705. The van der Waals surface area contributed by atoms with Crippen LogP contribution in [0.4, 0.5) is 11.6 Å². The molecule has 0 atom stereocenters. The normalized spacial score (nSPS) is 10.4. The molecule has 1 heterocycles. The maximum Gasteiger partial charge on any atom is 0.258 e. The van der Waals surface area contributed by atoms with Gasteiger partial charge in [-0.25, -0.2) is 9.97 Å². The van der Waals surface area contributed by atoms with Crippen LogP contribution in [0.1, 0.15) is 15.9 Å². The van der Waals surface area contributed by atoms with Gasteiger partial charge < -0.3 is 10.6 Å². The number of carbonyl (C=O) groups is 1.